The van der Waals surface area contributed by atoms with Gasteiger partial charge in [-0.25, -0.2) is 0 Å². The smallest absolute Gasteiger partial charge is 0.231 e. The van der Waals surface area contributed by atoms with E-state index >= 15 is 0 Å². The molecule has 4 rings (SSSR count). The van der Waals surface area contributed by atoms with Crippen LogP contribution in [0.3, 0.4) is 0 Å². The molecule has 4 aromatic rings. The summed E-state index contributed by atoms with van der Waals surface area (Å²) in [6, 6.07) is 13.7. The van der Waals surface area contributed by atoms with Gasteiger partial charge < -0.3 is 10.3 Å². The van der Waals surface area contributed by atoms with Crippen LogP contribution in [0.25, 0.3) is 10.9 Å². The first-order valence-corrected chi connectivity index (χ1v) is 9.62. The number of nitrogens with two attached hydrogens (primary N) is 1. The molecule has 0 saturated heterocycles. The molecule has 30 heavy (non-hydrogen) atoms. The van der Waals surface area contributed by atoms with E-state index in [1.807, 2.05) is 51.2 Å². The highest BCUT2D eigenvalue weighted by Crippen LogP contribution is 2.28. The van der Waals surface area contributed by atoms with Gasteiger partial charge in [0.05, 0.1) is 30.1 Å². The number of carbonyl (C=O) groups is 1. The number of fused-ring (bicyclic) bond motifs is 1. The zero-order valence-electron chi connectivity index (χ0n) is 17.1. The Bertz CT molecular complexity index is 1310. The Labute approximate surface area is 174 Å². The number of nitriles is 1. The molecule has 7 nitrogen and oxygen atoms in total. The highest BCUT2D eigenvalue weighted by atomic mass is 16.1. The molecule has 0 aliphatic carbocycles. The Morgan fingerprint density at radius 3 is 2.70 bits per heavy atom. The standard InChI is InChI=1S/C23H22N6O/c1-14-8-16(4-5-18(14)10-24)13-29-26-11-20(27-29)22(23(25)30)17-6-7-21-19(9-17)15(2)12-28(21)3/h4-9,11-12,22H,13H2,1-3H3,(H2,25,30). The number of amides is 1. The molecular formula is C23H22N6O. The first kappa shape index (κ1) is 19.4. The number of nitrogens with zero attached hydrogens (tertiary/aromatic N) is 5. The molecule has 2 aromatic heterocycles. The maximum Gasteiger partial charge on any atom is 0.231 e. The van der Waals surface area contributed by atoms with Crippen molar-refractivity contribution in [2.45, 2.75) is 26.3 Å². The first-order valence-electron chi connectivity index (χ1n) is 9.62. The van der Waals surface area contributed by atoms with E-state index in [-0.39, 0.29) is 0 Å². The van der Waals surface area contributed by atoms with Crippen molar-refractivity contribution >= 4 is 16.8 Å². The lowest BCUT2D eigenvalue weighted by Crippen LogP contribution is -2.23. The van der Waals surface area contributed by atoms with E-state index in [0.29, 0.717) is 17.8 Å². The van der Waals surface area contributed by atoms with Gasteiger partial charge in [0.15, 0.2) is 0 Å². The van der Waals surface area contributed by atoms with Crippen LogP contribution in [0.4, 0.5) is 0 Å². The fourth-order valence-electron chi connectivity index (χ4n) is 3.90. The maximum atomic E-state index is 12.3. The van der Waals surface area contributed by atoms with Gasteiger partial charge in [0, 0.05) is 24.1 Å². The van der Waals surface area contributed by atoms with E-state index in [0.717, 1.165) is 33.2 Å². The molecule has 1 unspecified atom stereocenters. The third-order valence-corrected chi connectivity index (χ3v) is 5.42. The third kappa shape index (κ3) is 3.44. The van der Waals surface area contributed by atoms with Crippen LogP contribution in [0.2, 0.25) is 0 Å². The number of hydrogen-bond acceptors (Lipinski definition) is 4. The van der Waals surface area contributed by atoms with E-state index in [2.05, 4.69) is 27.0 Å². The molecule has 0 radical (unpaired) electrons. The van der Waals surface area contributed by atoms with Gasteiger partial charge in [0.2, 0.25) is 5.91 Å². The molecule has 2 aromatic carbocycles. The summed E-state index contributed by atoms with van der Waals surface area (Å²) >= 11 is 0. The van der Waals surface area contributed by atoms with Crippen molar-refractivity contribution in [2.24, 2.45) is 12.8 Å². The molecule has 2 heterocycles. The molecular weight excluding hydrogens is 376 g/mol. The average Bonchev–Trinajstić information content (AvgIpc) is 3.26. The van der Waals surface area contributed by atoms with Crippen LogP contribution in [-0.2, 0) is 18.4 Å². The van der Waals surface area contributed by atoms with Gasteiger partial charge in [-0.05, 0) is 54.3 Å². The number of rotatable bonds is 5. The Balaban J connectivity index is 1.66. The van der Waals surface area contributed by atoms with Gasteiger partial charge in [-0.15, -0.1) is 0 Å². The molecule has 0 spiro atoms. The summed E-state index contributed by atoms with van der Waals surface area (Å²) in [5.74, 6) is -1.14. The largest absolute Gasteiger partial charge is 0.369 e. The SMILES string of the molecule is Cc1cc(Cn2ncc(C(C(N)=O)c3ccc4c(c3)c(C)cn4C)n2)ccc1C#N. The quantitative estimate of drug-likeness (QED) is 0.558. The summed E-state index contributed by atoms with van der Waals surface area (Å²) < 4.78 is 2.06. The van der Waals surface area contributed by atoms with Crippen LogP contribution in [-0.4, -0.2) is 25.5 Å². The maximum absolute atomic E-state index is 12.3. The second-order valence-corrected chi connectivity index (χ2v) is 7.60. The summed E-state index contributed by atoms with van der Waals surface area (Å²) in [5, 5.41) is 19.0. The van der Waals surface area contributed by atoms with Gasteiger partial charge >= 0.3 is 0 Å². The first-order chi connectivity index (χ1) is 14.4. The second-order valence-electron chi connectivity index (χ2n) is 7.60. The molecule has 2 N–H and O–H groups in total. The Kier molecular flexibility index (Phi) is 4.84. The van der Waals surface area contributed by atoms with Crippen LogP contribution in [0.1, 0.15) is 39.4 Å². The lowest BCUT2D eigenvalue weighted by atomic mass is 9.94. The van der Waals surface area contributed by atoms with Gasteiger partial charge in [-0.1, -0.05) is 18.2 Å². The normalized spacial score (nSPS) is 12.1. The van der Waals surface area contributed by atoms with Crippen molar-refractivity contribution in [1.82, 2.24) is 19.6 Å². The minimum Gasteiger partial charge on any atom is -0.369 e. The minimum absolute atomic E-state index is 0.439. The lowest BCUT2D eigenvalue weighted by Gasteiger charge is -2.12. The zero-order chi connectivity index (χ0) is 21.4. The summed E-state index contributed by atoms with van der Waals surface area (Å²) in [5.41, 5.74) is 11.8. The highest BCUT2D eigenvalue weighted by Gasteiger charge is 2.24. The van der Waals surface area contributed by atoms with E-state index in [4.69, 9.17) is 11.0 Å². The molecule has 150 valence electrons. The summed E-state index contributed by atoms with van der Waals surface area (Å²) in [7, 11) is 2.00. The molecule has 0 aliphatic rings. The van der Waals surface area contributed by atoms with Crippen molar-refractivity contribution in [3.63, 3.8) is 0 Å². The van der Waals surface area contributed by atoms with E-state index in [1.165, 1.54) is 0 Å². The molecule has 0 aliphatic heterocycles. The predicted octanol–water partition coefficient (Wildman–Crippen LogP) is 2.92. The van der Waals surface area contributed by atoms with Crippen molar-refractivity contribution in [3.05, 3.63) is 82.3 Å². The van der Waals surface area contributed by atoms with E-state index in [1.54, 1.807) is 17.1 Å². The molecule has 0 bridgehead atoms. The number of aryl methyl sites for hydroxylation is 3. The predicted molar refractivity (Wildman–Crippen MR) is 114 cm³/mol. The monoisotopic (exact) mass is 398 g/mol. The lowest BCUT2D eigenvalue weighted by molar-refractivity contribution is -0.118. The fourth-order valence-corrected chi connectivity index (χ4v) is 3.90. The molecule has 1 atom stereocenters. The molecule has 1 amide bonds. The minimum atomic E-state index is -0.676. The number of carbonyl (C=O) groups excluding carboxylic acids is 1. The number of benzene rings is 2. The van der Waals surface area contributed by atoms with Crippen LogP contribution in [0, 0.1) is 25.2 Å². The summed E-state index contributed by atoms with van der Waals surface area (Å²) in [4.78, 5) is 13.9. The van der Waals surface area contributed by atoms with E-state index in [9.17, 15) is 4.79 Å². The van der Waals surface area contributed by atoms with Gasteiger partial charge in [-0.2, -0.15) is 20.3 Å². The Morgan fingerprint density at radius 1 is 1.20 bits per heavy atom. The highest BCUT2D eigenvalue weighted by molar-refractivity contribution is 5.89. The summed E-state index contributed by atoms with van der Waals surface area (Å²) in [6.07, 6.45) is 3.65. The van der Waals surface area contributed by atoms with Crippen molar-refractivity contribution in [3.8, 4) is 6.07 Å². The van der Waals surface area contributed by atoms with Crippen LogP contribution in [0.15, 0.2) is 48.8 Å². The number of primary amides is 1. The summed E-state index contributed by atoms with van der Waals surface area (Å²) in [6.45, 7) is 4.38. The fraction of sp³-hybridized carbons (Fsp3) is 0.217. The Hall–Kier alpha value is -3.92. The van der Waals surface area contributed by atoms with E-state index < -0.39 is 11.8 Å². The Morgan fingerprint density at radius 2 is 2.00 bits per heavy atom. The number of hydrogen-bond donors (Lipinski definition) is 1. The van der Waals surface area contributed by atoms with Crippen LogP contribution in [0.5, 0.6) is 0 Å². The van der Waals surface area contributed by atoms with Gasteiger partial charge in [0.1, 0.15) is 5.92 Å². The van der Waals surface area contributed by atoms with Crippen LogP contribution >= 0.6 is 0 Å². The topological polar surface area (TPSA) is 103 Å². The van der Waals surface area contributed by atoms with Crippen molar-refractivity contribution < 1.29 is 4.79 Å². The molecule has 0 saturated carbocycles. The van der Waals surface area contributed by atoms with Crippen molar-refractivity contribution in [1.29, 1.82) is 5.26 Å². The van der Waals surface area contributed by atoms with Gasteiger partial charge in [0.25, 0.3) is 0 Å². The van der Waals surface area contributed by atoms with Crippen LogP contribution < -0.4 is 5.73 Å². The zero-order valence-corrected chi connectivity index (χ0v) is 17.1. The average molecular weight is 398 g/mol. The van der Waals surface area contributed by atoms with Crippen molar-refractivity contribution in [2.75, 3.05) is 0 Å². The third-order valence-electron chi connectivity index (χ3n) is 5.42. The molecule has 7 heteroatoms. The van der Waals surface area contributed by atoms with Gasteiger partial charge in [-0.3, -0.25) is 4.79 Å². The number of aromatic nitrogens is 4. The molecule has 0 fully saturated rings. The second kappa shape index (κ2) is 7.48.